The maximum absolute atomic E-state index is 6.09. The van der Waals surface area contributed by atoms with Gasteiger partial charge in [-0.15, -0.1) is 0 Å². The number of para-hydroxylation sites is 1. The molecule has 92 valence electrons. The number of nitrogen functional groups attached to an aromatic ring is 1. The Kier molecular flexibility index (Phi) is 3.00. The summed E-state index contributed by atoms with van der Waals surface area (Å²) in [5.74, 6) is 0. The zero-order valence-corrected chi connectivity index (χ0v) is 11.7. The zero-order valence-electron chi connectivity index (χ0n) is 10.1. The van der Waals surface area contributed by atoms with Crippen molar-refractivity contribution in [3.63, 3.8) is 0 Å². The summed E-state index contributed by atoms with van der Waals surface area (Å²) >= 11 is 3.51. The molecule has 3 heteroatoms. The van der Waals surface area contributed by atoms with Gasteiger partial charge in [-0.05, 0) is 35.7 Å². The number of hydrogen-bond donors (Lipinski definition) is 1. The second-order valence-electron chi connectivity index (χ2n) is 4.66. The van der Waals surface area contributed by atoms with Crippen LogP contribution in [0.1, 0.15) is 11.1 Å². The lowest BCUT2D eigenvalue weighted by atomic mass is 10.1. The number of benzene rings is 2. The Hall–Kier alpha value is -1.48. The summed E-state index contributed by atoms with van der Waals surface area (Å²) < 4.78 is 1.13. The number of halogens is 1. The van der Waals surface area contributed by atoms with Gasteiger partial charge in [0, 0.05) is 17.6 Å². The van der Waals surface area contributed by atoms with Crippen LogP contribution in [-0.4, -0.2) is 6.54 Å². The molecule has 0 amide bonds. The van der Waals surface area contributed by atoms with Crippen molar-refractivity contribution >= 4 is 27.3 Å². The van der Waals surface area contributed by atoms with Crippen LogP contribution in [-0.2, 0) is 13.0 Å². The Labute approximate surface area is 116 Å². The van der Waals surface area contributed by atoms with Crippen LogP contribution in [0.15, 0.2) is 46.9 Å². The Morgan fingerprint density at radius 3 is 2.83 bits per heavy atom. The minimum absolute atomic E-state index is 0.889. The average Bonchev–Trinajstić information content (AvgIpc) is 2.74. The fraction of sp³-hybridized carbons (Fsp3) is 0.200. The number of anilines is 2. The van der Waals surface area contributed by atoms with Gasteiger partial charge in [0.2, 0.25) is 0 Å². The Morgan fingerprint density at radius 1 is 1.17 bits per heavy atom. The molecule has 0 saturated heterocycles. The molecule has 1 aliphatic heterocycles. The van der Waals surface area contributed by atoms with E-state index in [0.717, 1.165) is 29.7 Å². The third-order valence-electron chi connectivity index (χ3n) is 3.38. The van der Waals surface area contributed by atoms with Gasteiger partial charge >= 0.3 is 0 Å². The molecule has 18 heavy (non-hydrogen) atoms. The maximum Gasteiger partial charge on any atom is 0.0636 e. The number of fused-ring (bicyclic) bond motifs is 1. The van der Waals surface area contributed by atoms with Crippen LogP contribution in [0.4, 0.5) is 11.4 Å². The lowest BCUT2D eigenvalue weighted by Gasteiger charge is -2.21. The van der Waals surface area contributed by atoms with Crippen molar-refractivity contribution in [2.24, 2.45) is 0 Å². The van der Waals surface area contributed by atoms with E-state index >= 15 is 0 Å². The summed E-state index contributed by atoms with van der Waals surface area (Å²) in [6, 6.07) is 14.6. The second kappa shape index (κ2) is 4.65. The largest absolute Gasteiger partial charge is 0.397 e. The second-order valence-corrected chi connectivity index (χ2v) is 5.57. The Balaban J connectivity index is 1.89. The third-order valence-corrected chi connectivity index (χ3v) is 3.87. The van der Waals surface area contributed by atoms with E-state index in [9.17, 15) is 0 Å². The quantitative estimate of drug-likeness (QED) is 0.859. The summed E-state index contributed by atoms with van der Waals surface area (Å²) in [7, 11) is 0. The predicted octanol–water partition coefficient (Wildman–Crippen LogP) is 3.59. The highest BCUT2D eigenvalue weighted by molar-refractivity contribution is 9.10. The smallest absolute Gasteiger partial charge is 0.0636 e. The monoisotopic (exact) mass is 302 g/mol. The lowest BCUT2D eigenvalue weighted by Crippen LogP contribution is -2.20. The number of nitrogens with zero attached hydrogens (tertiary/aromatic N) is 1. The van der Waals surface area contributed by atoms with E-state index in [1.54, 1.807) is 0 Å². The molecule has 2 aromatic rings. The molecule has 2 aromatic carbocycles. The van der Waals surface area contributed by atoms with Gasteiger partial charge in [0.05, 0.1) is 11.4 Å². The first-order valence-electron chi connectivity index (χ1n) is 6.11. The lowest BCUT2D eigenvalue weighted by molar-refractivity contribution is 0.836. The molecule has 0 aromatic heterocycles. The molecule has 0 bridgehead atoms. The highest BCUT2D eigenvalue weighted by atomic mass is 79.9. The predicted molar refractivity (Wildman–Crippen MR) is 79.8 cm³/mol. The summed E-state index contributed by atoms with van der Waals surface area (Å²) in [6.45, 7) is 1.97. The third kappa shape index (κ3) is 2.10. The van der Waals surface area contributed by atoms with Gasteiger partial charge in [0.1, 0.15) is 0 Å². The molecule has 3 rings (SSSR count). The molecule has 0 spiro atoms. The van der Waals surface area contributed by atoms with Gasteiger partial charge in [0.15, 0.2) is 0 Å². The van der Waals surface area contributed by atoms with E-state index in [1.165, 1.54) is 16.8 Å². The summed E-state index contributed by atoms with van der Waals surface area (Å²) in [5, 5.41) is 0. The average molecular weight is 303 g/mol. The first-order chi connectivity index (χ1) is 8.74. The minimum Gasteiger partial charge on any atom is -0.397 e. The van der Waals surface area contributed by atoms with Gasteiger partial charge < -0.3 is 10.6 Å². The molecular weight excluding hydrogens is 288 g/mol. The summed E-state index contributed by atoms with van der Waals surface area (Å²) in [6.07, 6.45) is 1.09. The Bertz CT molecular complexity index is 580. The fourth-order valence-electron chi connectivity index (χ4n) is 2.58. The molecule has 1 heterocycles. The maximum atomic E-state index is 6.09. The minimum atomic E-state index is 0.889. The summed E-state index contributed by atoms with van der Waals surface area (Å²) in [4.78, 5) is 2.37. The van der Waals surface area contributed by atoms with Crippen LogP contribution in [0.2, 0.25) is 0 Å². The molecule has 1 aliphatic rings. The van der Waals surface area contributed by atoms with Gasteiger partial charge in [-0.25, -0.2) is 0 Å². The normalized spacial score (nSPS) is 13.7. The number of nitrogens with two attached hydrogens (primary N) is 1. The van der Waals surface area contributed by atoms with Crippen molar-refractivity contribution in [1.82, 2.24) is 0 Å². The van der Waals surface area contributed by atoms with Crippen molar-refractivity contribution in [2.75, 3.05) is 17.2 Å². The summed E-state index contributed by atoms with van der Waals surface area (Å²) in [5.41, 5.74) is 10.9. The van der Waals surface area contributed by atoms with Gasteiger partial charge in [-0.3, -0.25) is 0 Å². The molecule has 0 aliphatic carbocycles. The molecule has 0 unspecified atom stereocenters. The van der Waals surface area contributed by atoms with Crippen molar-refractivity contribution in [3.05, 3.63) is 58.1 Å². The molecule has 0 atom stereocenters. The highest BCUT2D eigenvalue weighted by Crippen LogP contribution is 2.34. The molecular formula is C15H15BrN2. The van der Waals surface area contributed by atoms with E-state index in [0.29, 0.717) is 0 Å². The van der Waals surface area contributed by atoms with Crippen molar-refractivity contribution in [3.8, 4) is 0 Å². The van der Waals surface area contributed by atoms with E-state index in [1.807, 2.05) is 12.1 Å². The zero-order chi connectivity index (χ0) is 12.5. The van der Waals surface area contributed by atoms with E-state index < -0.39 is 0 Å². The van der Waals surface area contributed by atoms with Gasteiger partial charge in [-0.2, -0.15) is 0 Å². The molecule has 0 saturated carbocycles. The topological polar surface area (TPSA) is 29.3 Å². The first-order valence-corrected chi connectivity index (χ1v) is 6.90. The van der Waals surface area contributed by atoms with Gasteiger partial charge in [-0.1, -0.05) is 40.2 Å². The SMILES string of the molecule is Nc1cccc2c1N(Cc1cccc(Br)c1)CC2. The standard InChI is InChI=1S/C15H15BrN2/c16-13-5-1-3-11(9-13)10-18-8-7-12-4-2-6-14(17)15(12)18/h1-6,9H,7-8,10,17H2. The first kappa shape index (κ1) is 11.6. The fourth-order valence-corrected chi connectivity index (χ4v) is 3.03. The highest BCUT2D eigenvalue weighted by Gasteiger charge is 2.21. The van der Waals surface area contributed by atoms with Crippen LogP contribution in [0.3, 0.4) is 0 Å². The molecule has 2 N–H and O–H groups in total. The molecule has 2 nitrogen and oxygen atoms in total. The number of rotatable bonds is 2. The molecule has 0 fully saturated rings. The van der Waals surface area contributed by atoms with Crippen LogP contribution in [0.5, 0.6) is 0 Å². The van der Waals surface area contributed by atoms with Crippen molar-refractivity contribution in [1.29, 1.82) is 0 Å². The number of hydrogen-bond acceptors (Lipinski definition) is 2. The van der Waals surface area contributed by atoms with E-state index in [2.05, 4.69) is 51.2 Å². The van der Waals surface area contributed by atoms with Crippen molar-refractivity contribution in [2.45, 2.75) is 13.0 Å². The van der Waals surface area contributed by atoms with E-state index in [-0.39, 0.29) is 0 Å². The van der Waals surface area contributed by atoms with Crippen LogP contribution in [0.25, 0.3) is 0 Å². The van der Waals surface area contributed by atoms with Crippen molar-refractivity contribution < 1.29 is 0 Å². The molecule has 0 radical (unpaired) electrons. The van der Waals surface area contributed by atoms with Crippen LogP contribution >= 0.6 is 15.9 Å². The van der Waals surface area contributed by atoms with Crippen LogP contribution in [0, 0.1) is 0 Å². The van der Waals surface area contributed by atoms with Crippen LogP contribution < -0.4 is 10.6 Å². The Morgan fingerprint density at radius 2 is 2.00 bits per heavy atom. The van der Waals surface area contributed by atoms with Gasteiger partial charge in [0.25, 0.3) is 0 Å². The van der Waals surface area contributed by atoms with E-state index in [4.69, 9.17) is 5.73 Å².